The SMILES string of the molecule is Cn1c2ccccc2c2ccc3c4ccccc4n(-c4ccc(-[n+]5cnc6c(oc7ccc8ccccc8c76)c5-c5ccccc5)cc4)c3c21. The quantitative estimate of drug-likeness (QED) is 0.180. The Balaban J connectivity index is 1.16. The average molecular weight is 642 g/mol. The molecule has 4 aromatic heterocycles. The minimum Gasteiger partial charge on any atom is -0.447 e. The molecule has 0 radical (unpaired) electrons. The third-order valence-corrected chi connectivity index (χ3v) is 10.4. The van der Waals surface area contributed by atoms with Crippen LogP contribution in [0.1, 0.15) is 0 Å². The summed E-state index contributed by atoms with van der Waals surface area (Å²) in [6, 6.07) is 53.9. The van der Waals surface area contributed by atoms with E-state index in [0.717, 1.165) is 50.1 Å². The highest BCUT2D eigenvalue weighted by molar-refractivity contribution is 6.23. The molecule has 50 heavy (non-hydrogen) atoms. The topological polar surface area (TPSA) is 39.8 Å². The fourth-order valence-corrected chi connectivity index (χ4v) is 8.22. The highest BCUT2D eigenvalue weighted by Gasteiger charge is 2.26. The van der Waals surface area contributed by atoms with Crippen LogP contribution < -0.4 is 4.57 Å². The number of rotatable bonds is 3. The third-order valence-electron chi connectivity index (χ3n) is 10.4. The standard InChI is InChI=1S/C45H29N4O/c1-47-37-17-9-7-15-33(37)35-24-25-36-34-16-8-10-18-38(34)49(44(36)43(35)47)31-22-20-30(21-23-31)48-27-46-41-40-32-14-6-5-11-28(32)19-26-39(40)50-45(41)42(48)29-12-3-2-4-13-29/h2-27H,1H3/q+1. The summed E-state index contributed by atoms with van der Waals surface area (Å²) in [5.74, 6) is 0. The van der Waals surface area contributed by atoms with Crippen molar-refractivity contribution in [1.29, 1.82) is 0 Å². The van der Waals surface area contributed by atoms with Crippen molar-refractivity contribution in [3.8, 4) is 22.6 Å². The minimum absolute atomic E-state index is 0.773. The molecule has 0 aliphatic rings. The monoisotopic (exact) mass is 641 g/mol. The highest BCUT2D eigenvalue weighted by Crippen LogP contribution is 2.40. The smallest absolute Gasteiger partial charge is 0.292 e. The van der Waals surface area contributed by atoms with Gasteiger partial charge in [0.05, 0.1) is 21.9 Å². The Bertz CT molecular complexity index is 3150. The molecule has 0 atom stereocenters. The molecule has 11 aromatic rings. The molecular weight excluding hydrogens is 613 g/mol. The van der Waals surface area contributed by atoms with Crippen LogP contribution in [0.25, 0.3) is 99.1 Å². The molecule has 0 aliphatic heterocycles. The predicted molar refractivity (Wildman–Crippen MR) is 204 cm³/mol. The van der Waals surface area contributed by atoms with E-state index in [2.05, 4.69) is 166 Å². The van der Waals surface area contributed by atoms with Gasteiger partial charge in [0.15, 0.2) is 5.69 Å². The molecule has 234 valence electrons. The zero-order valence-electron chi connectivity index (χ0n) is 27.2. The van der Waals surface area contributed by atoms with Crippen molar-refractivity contribution >= 4 is 76.5 Å². The molecule has 11 rings (SSSR count). The van der Waals surface area contributed by atoms with Crippen LogP contribution in [0.15, 0.2) is 162 Å². The first kappa shape index (κ1) is 27.3. The lowest BCUT2D eigenvalue weighted by molar-refractivity contribution is -0.586. The van der Waals surface area contributed by atoms with E-state index in [1.165, 1.54) is 49.0 Å². The normalized spacial score (nSPS) is 12.1. The molecule has 0 fully saturated rings. The van der Waals surface area contributed by atoms with Crippen LogP contribution in [-0.4, -0.2) is 14.1 Å². The van der Waals surface area contributed by atoms with Crippen molar-refractivity contribution in [2.24, 2.45) is 7.05 Å². The van der Waals surface area contributed by atoms with Gasteiger partial charge in [0, 0.05) is 45.4 Å². The number of hydrogen-bond donors (Lipinski definition) is 0. The van der Waals surface area contributed by atoms with Gasteiger partial charge < -0.3 is 13.6 Å². The number of nitrogens with zero attached hydrogens (tertiary/aromatic N) is 4. The fourth-order valence-electron chi connectivity index (χ4n) is 8.22. The van der Waals surface area contributed by atoms with Crippen LogP contribution in [-0.2, 0) is 7.05 Å². The number of aryl methyl sites for hydroxylation is 1. The first-order valence-corrected chi connectivity index (χ1v) is 16.9. The summed E-state index contributed by atoms with van der Waals surface area (Å²) in [6.07, 6.45) is 1.94. The van der Waals surface area contributed by atoms with Crippen molar-refractivity contribution in [3.63, 3.8) is 0 Å². The van der Waals surface area contributed by atoms with Crippen LogP contribution in [0.2, 0.25) is 0 Å². The van der Waals surface area contributed by atoms with E-state index in [1.54, 1.807) is 0 Å². The maximum absolute atomic E-state index is 6.67. The van der Waals surface area contributed by atoms with Gasteiger partial charge in [-0.25, -0.2) is 0 Å². The van der Waals surface area contributed by atoms with Gasteiger partial charge in [-0.3, -0.25) is 0 Å². The Morgan fingerprint density at radius 1 is 0.560 bits per heavy atom. The molecule has 0 aliphatic carbocycles. The van der Waals surface area contributed by atoms with E-state index < -0.39 is 0 Å². The lowest BCUT2D eigenvalue weighted by atomic mass is 10.0. The molecule has 0 spiro atoms. The number of furan rings is 1. The minimum atomic E-state index is 0.773. The Hall–Kier alpha value is -6.72. The fraction of sp³-hybridized carbons (Fsp3) is 0.0222. The van der Waals surface area contributed by atoms with E-state index in [9.17, 15) is 0 Å². The van der Waals surface area contributed by atoms with E-state index in [0.29, 0.717) is 0 Å². The Morgan fingerprint density at radius 3 is 2.02 bits per heavy atom. The molecule has 4 heterocycles. The maximum atomic E-state index is 6.67. The second kappa shape index (κ2) is 10.1. The van der Waals surface area contributed by atoms with E-state index in [-0.39, 0.29) is 0 Å². The lowest BCUT2D eigenvalue weighted by Gasteiger charge is -2.11. The first-order valence-electron chi connectivity index (χ1n) is 16.9. The van der Waals surface area contributed by atoms with Crippen molar-refractivity contribution in [2.75, 3.05) is 0 Å². The van der Waals surface area contributed by atoms with Gasteiger partial charge in [-0.1, -0.05) is 109 Å². The van der Waals surface area contributed by atoms with Crippen LogP contribution in [0, 0.1) is 0 Å². The summed E-state index contributed by atoms with van der Waals surface area (Å²) in [7, 11) is 2.18. The van der Waals surface area contributed by atoms with Crippen molar-refractivity contribution < 1.29 is 8.98 Å². The summed E-state index contributed by atoms with van der Waals surface area (Å²) >= 11 is 0. The van der Waals surface area contributed by atoms with Crippen molar-refractivity contribution in [3.05, 3.63) is 158 Å². The van der Waals surface area contributed by atoms with Gasteiger partial charge in [0.2, 0.25) is 11.1 Å². The third kappa shape index (κ3) is 3.66. The molecule has 0 bridgehead atoms. The molecule has 5 nitrogen and oxygen atoms in total. The molecule has 5 heteroatoms. The van der Waals surface area contributed by atoms with Crippen LogP contribution >= 0.6 is 0 Å². The second-order valence-electron chi connectivity index (χ2n) is 13.1. The van der Waals surface area contributed by atoms with Crippen molar-refractivity contribution in [2.45, 2.75) is 0 Å². The van der Waals surface area contributed by atoms with Gasteiger partial charge in [-0.2, -0.15) is 4.57 Å². The summed E-state index contributed by atoms with van der Waals surface area (Å²) < 4.78 is 13.6. The first-order chi connectivity index (χ1) is 24.7. The van der Waals surface area contributed by atoms with Gasteiger partial charge in [-0.05, 0) is 58.2 Å². The second-order valence-corrected chi connectivity index (χ2v) is 13.1. The highest BCUT2D eigenvalue weighted by atomic mass is 16.3. The molecule has 7 aromatic carbocycles. The lowest BCUT2D eigenvalue weighted by Crippen LogP contribution is -2.34. The summed E-state index contributed by atoms with van der Waals surface area (Å²) in [4.78, 5) is 5.06. The largest absolute Gasteiger partial charge is 0.447 e. The Kier molecular flexibility index (Phi) is 5.53. The van der Waals surface area contributed by atoms with Gasteiger partial charge in [-0.15, -0.1) is 0 Å². The van der Waals surface area contributed by atoms with Crippen LogP contribution in [0.3, 0.4) is 0 Å². The Morgan fingerprint density at radius 2 is 1.22 bits per heavy atom. The number of para-hydroxylation sites is 2. The summed E-state index contributed by atoms with van der Waals surface area (Å²) in [5, 5.41) is 8.38. The molecular formula is C45H29N4O+. The molecule has 0 unspecified atom stereocenters. The zero-order valence-corrected chi connectivity index (χ0v) is 27.2. The van der Waals surface area contributed by atoms with E-state index in [1.807, 2.05) is 12.4 Å². The molecule has 0 saturated carbocycles. The van der Waals surface area contributed by atoms with Crippen molar-refractivity contribution in [1.82, 2.24) is 14.1 Å². The number of fused-ring (bicyclic) bond motifs is 12. The van der Waals surface area contributed by atoms with Gasteiger partial charge in [0.25, 0.3) is 6.33 Å². The maximum Gasteiger partial charge on any atom is 0.292 e. The average Bonchev–Trinajstić information content (AvgIpc) is 3.83. The molecule has 0 amide bonds. The van der Waals surface area contributed by atoms with Gasteiger partial charge >= 0.3 is 0 Å². The number of aromatic nitrogens is 4. The van der Waals surface area contributed by atoms with E-state index in [4.69, 9.17) is 9.40 Å². The number of benzene rings is 7. The Labute approximate surface area is 286 Å². The summed E-state index contributed by atoms with van der Waals surface area (Å²) in [6.45, 7) is 0. The number of hydrogen-bond acceptors (Lipinski definition) is 2. The zero-order chi connectivity index (χ0) is 32.9. The van der Waals surface area contributed by atoms with E-state index >= 15 is 0 Å². The van der Waals surface area contributed by atoms with Gasteiger partial charge in [0.1, 0.15) is 11.3 Å². The van der Waals surface area contributed by atoms with Crippen LogP contribution in [0.5, 0.6) is 0 Å². The molecule has 0 saturated heterocycles. The van der Waals surface area contributed by atoms with Crippen LogP contribution in [0.4, 0.5) is 0 Å². The molecule has 0 N–H and O–H groups in total. The predicted octanol–water partition coefficient (Wildman–Crippen LogP) is 10.8. The summed E-state index contributed by atoms with van der Waals surface area (Å²) in [5.41, 5.74) is 11.5.